The molecule has 11 heterocycles. The summed E-state index contributed by atoms with van der Waals surface area (Å²) in [6.07, 6.45) is 7.40. The zero-order valence-corrected chi connectivity index (χ0v) is 82.3. The third-order valence-corrected chi connectivity index (χ3v) is 26.8. The fourth-order valence-corrected chi connectivity index (χ4v) is 19.2. The first-order valence-electron chi connectivity index (χ1n) is 49.6. The molecule has 33 heteroatoms. The lowest BCUT2D eigenvalue weighted by atomic mass is 9.96. The van der Waals surface area contributed by atoms with Crippen LogP contribution in [0, 0.1) is 46.5 Å². The molecule has 778 valence electrons. The van der Waals surface area contributed by atoms with Crippen LogP contribution in [0.1, 0.15) is 260 Å². The van der Waals surface area contributed by atoms with Gasteiger partial charge in [-0.3, -0.25) is 48.3 Å². The van der Waals surface area contributed by atoms with E-state index in [1.807, 2.05) is 20.8 Å². The predicted molar refractivity (Wildman–Crippen MR) is 533 cm³/mol. The van der Waals surface area contributed by atoms with Crippen molar-refractivity contribution in [1.82, 2.24) is 25.3 Å². The van der Waals surface area contributed by atoms with Gasteiger partial charge < -0.3 is 70.5 Å². The van der Waals surface area contributed by atoms with Crippen molar-refractivity contribution < 1.29 is 116 Å². The highest BCUT2D eigenvalue weighted by molar-refractivity contribution is 6.23. The molecule has 0 radical (unpaired) electrons. The maximum Gasteiger partial charge on any atom is 0.407 e. The average Bonchev–Trinajstić information content (AvgIpc) is 1.62. The molecule has 11 aliphatic rings. The second kappa shape index (κ2) is 51.0. The summed E-state index contributed by atoms with van der Waals surface area (Å²) in [5.74, 6) is -3.61. The Hall–Kier alpha value is -13.4. The van der Waals surface area contributed by atoms with Crippen LogP contribution in [0.3, 0.4) is 0 Å². The molecular weight excluding hydrogens is 1920 g/mol. The van der Waals surface area contributed by atoms with Crippen LogP contribution in [0.2, 0.25) is 0 Å². The van der Waals surface area contributed by atoms with Crippen molar-refractivity contribution in [3.8, 4) is 0 Å². The summed E-state index contributed by atoms with van der Waals surface area (Å²) in [6.45, 7) is 11.1. The van der Waals surface area contributed by atoms with Crippen LogP contribution in [-0.4, -0.2) is 169 Å². The monoisotopic (exact) mass is 2040 g/mol. The van der Waals surface area contributed by atoms with E-state index in [-0.39, 0.29) is 185 Å². The molecule has 148 heavy (non-hydrogen) atoms. The minimum atomic E-state index is -0.508. The predicted octanol–water partition coefficient (Wildman–Crippen LogP) is 20.2. The van der Waals surface area contributed by atoms with E-state index >= 15 is 0 Å². The van der Waals surface area contributed by atoms with Gasteiger partial charge >= 0.3 is 6.09 Å². The van der Waals surface area contributed by atoms with Gasteiger partial charge in [0.05, 0.1) is 121 Å². The van der Waals surface area contributed by atoms with Crippen molar-refractivity contribution >= 4 is 47.4 Å². The number of benzene rings is 11. The number of nitrogens with one attached hydrogen (secondary N) is 2. The second-order valence-electron chi connectivity index (χ2n) is 38.7. The minimum Gasteiger partial charge on any atom is -0.444 e. The molecule has 0 aliphatic carbocycles. The number of carbonyl (C=O) groups excluding carboxylic acids is 8. The molecule has 0 bridgehead atoms. The van der Waals surface area contributed by atoms with Crippen LogP contribution in [0.5, 0.6) is 0 Å². The molecule has 11 aromatic carbocycles. The zero-order valence-electron chi connectivity index (χ0n) is 82.3. The largest absolute Gasteiger partial charge is 0.444 e. The molecule has 0 unspecified atom stereocenters. The molecule has 0 saturated carbocycles. The van der Waals surface area contributed by atoms with Crippen LogP contribution in [0.25, 0.3) is 0 Å². The van der Waals surface area contributed by atoms with Gasteiger partial charge in [0.1, 0.15) is 52.1 Å². The molecule has 8 N–H and O–H groups in total. The first kappa shape index (κ1) is 109. The van der Waals surface area contributed by atoms with Crippen molar-refractivity contribution in [2.75, 3.05) is 52.9 Å². The summed E-state index contributed by atoms with van der Waals surface area (Å²) in [7, 11) is 0. The number of carbonyl (C=O) groups is 8. The highest BCUT2D eigenvalue weighted by atomic mass is 19.2. The van der Waals surface area contributed by atoms with Crippen molar-refractivity contribution in [3.05, 3.63) is 391 Å². The lowest BCUT2D eigenvalue weighted by Gasteiger charge is -2.34. The number of nitrogens with zero attached hydrogens (tertiary/aromatic N) is 3. The lowest BCUT2D eigenvalue weighted by Crippen LogP contribution is -2.43. The number of ether oxygens (including phenoxy) is 9. The maximum atomic E-state index is 13.1. The number of fused-ring (bicyclic) bond motifs is 3. The molecule has 11 aliphatic heterocycles. The van der Waals surface area contributed by atoms with Gasteiger partial charge in [-0.25, -0.2) is 39.9 Å². The van der Waals surface area contributed by atoms with E-state index in [4.69, 9.17) is 59.8 Å². The van der Waals surface area contributed by atoms with E-state index in [2.05, 4.69) is 10.6 Å². The van der Waals surface area contributed by atoms with Crippen molar-refractivity contribution in [2.24, 2.45) is 17.2 Å². The number of rotatable bonds is 13. The Morgan fingerprint density at radius 2 is 0.493 bits per heavy atom. The molecule has 8 fully saturated rings. The number of hydrogen-bond acceptors (Lipinski definition) is 20. The standard InChI is InChI=1S/C19H16FNO3.2C18H14FNO3.C16H22FNO3.C13H16FNO2.C11H14FNO.2C10H12FNO/c20-13-7-5-12(6-8-13)17-11-14(9-10-24-17)21-18(22)15-3-1-2-4-16(15)19(21)23;2*19-12-7-5-11(6-8-12)16-9-13(10-23-16)20-17(21)14-3-1-2-4-15(14)18(20)22;1-16(2,3)21-15(19)18-13-8-9-20-14(10-13)11-4-6-12(17)7-5-11;1-9(16)15-12-6-7-17-13(8-12)10-2-4-11(14)5-3-10;12-9-3-1-8(2-4-9)11-7-10(13)5-6-14-11;2*11-8-3-1-7(2-4-8)10-5-9(12)6-13-10/h1-8,14,17H,9-11H2;2*1-8,13,16H,9-10H2;4-7,13-14H,8-10H2,1-3H3,(H,18,19);2-5,12-13H,6-8H2,1H3,(H,15,16);1-4,10-11H,5-7,13H2;2*1-4,9-10H,5-6,12H2/t14-,17-;13-,16+;13-,16-;13-,14+;12-,13+;10-,11-;9-,10+;9-,10-/m01011010/s1. The maximum absolute atomic E-state index is 13.1. The Kier molecular flexibility index (Phi) is 37.5. The second-order valence-corrected chi connectivity index (χ2v) is 38.7. The topological polar surface area (TPSA) is 331 Å². The quantitative estimate of drug-likeness (QED) is 0.0529. The van der Waals surface area contributed by atoms with Crippen LogP contribution in [0.15, 0.2) is 267 Å². The summed E-state index contributed by atoms with van der Waals surface area (Å²) in [5.41, 5.74) is 26.9. The number of imide groups is 3. The third kappa shape index (κ3) is 29.2. The molecule has 22 rings (SSSR count). The third-order valence-electron chi connectivity index (χ3n) is 26.8. The van der Waals surface area contributed by atoms with E-state index in [1.165, 1.54) is 119 Å². The minimum absolute atomic E-state index is 0.00338. The van der Waals surface area contributed by atoms with E-state index in [0.29, 0.717) is 118 Å². The fourth-order valence-electron chi connectivity index (χ4n) is 19.2. The number of nitrogens with two attached hydrogens (primary N) is 3. The van der Waals surface area contributed by atoms with Crippen molar-refractivity contribution in [2.45, 2.75) is 208 Å². The van der Waals surface area contributed by atoms with Crippen LogP contribution in [0.4, 0.5) is 39.9 Å². The molecule has 8 amide bonds. The van der Waals surface area contributed by atoms with Gasteiger partial charge in [-0.05, 0) is 263 Å². The van der Waals surface area contributed by atoms with Crippen LogP contribution in [-0.2, 0) is 47.4 Å². The SMILES string of the molecule is CC(=O)N[C@@H]1CCO[C@H](c2ccc(F)cc2)C1.CC(C)(C)OC(=O)N[C@@H]1CCO[C@H](c2ccc(F)cc2)C1.N[C@@H]1CO[C@H](c2ccc(F)cc2)C1.N[C@H]1CCO[C@H](c2ccc(F)cc2)C1.N[C@H]1CO[C@H](c2ccc(F)cc2)C1.O=C1c2ccccc2C(=O)N1[C@@H]1CO[C@H](c2ccc(F)cc2)C1.O=C1c2ccccc2C(=O)N1[C@H]1CCO[C@H](c2ccc(F)cc2)C1.O=C1c2ccccc2C(=O)N1[C@H]1CO[C@H](c2ccc(F)cc2)C1. The first-order valence-corrected chi connectivity index (χ1v) is 49.6. The van der Waals surface area contributed by atoms with Crippen molar-refractivity contribution in [1.29, 1.82) is 0 Å². The summed E-state index contributed by atoms with van der Waals surface area (Å²) in [5, 5.41) is 5.77. The number of hydrogen-bond donors (Lipinski definition) is 5. The molecular formula is C115H120F8N8O17. The van der Waals surface area contributed by atoms with Gasteiger partial charge in [-0.2, -0.15) is 0 Å². The zero-order chi connectivity index (χ0) is 105. The Morgan fingerprint density at radius 3 is 0.750 bits per heavy atom. The molecule has 0 aromatic heterocycles. The Balaban J connectivity index is 0.000000128. The molecule has 0 spiro atoms. The average molecular weight is 2040 g/mol. The van der Waals surface area contributed by atoms with Crippen molar-refractivity contribution in [3.63, 3.8) is 0 Å². The first-order chi connectivity index (χ1) is 71.2. The van der Waals surface area contributed by atoms with Crippen LogP contribution < -0.4 is 27.8 Å². The number of alkyl carbamates (subject to hydrolysis) is 1. The van der Waals surface area contributed by atoms with E-state index in [1.54, 1.807) is 170 Å². The number of amides is 8. The molecule has 8 saturated heterocycles. The summed E-state index contributed by atoms with van der Waals surface area (Å²) >= 11 is 0. The molecule has 25 nitrogen and oxygen atoms in total. The number of halogens is 8. The van der Waals surface area contributed by atoms with Crippen LogP contribution >= 0.6 is 0 Å². The Morgan fingerprint density at radius 1 is 0.277 bits per heavy atom. The Bertz CT molecular complexity index is 6040. The normalized spacial score (nSPS) is 24.6. The van der Waals surface area contributed by atoms with E-state index in [9.17, 15) is 73.5 Å². The molecule has 11 aromatic rings. The van der Waals surface area contributed by atoms with E-state index in [0.717, 1.165) is 89.5 Å². The lowest BCUT2D eigenvalue weighted by molar-refractivity contribution is -0.120. The van der Waals surface area contributed by atoms with Gasteiger partial charge in [0.25, 0.3) is 35.4 Å². The Labute approximate surface area is 853 Å². The highest BCUT2D eigenvalue weighted by Crippen LogP contribution is 2.42. The van der Waals surface area contributed by atoms with Gasteiger partial charge in [-0.15, -0.1) is 0 Å². The summed E-state index contributed by atoms with van der Waals surface area (Å²) < 4.78 is 153. The van der Waals surface area contributed by atoms with Gasteiger partial charge in [0, 0.05) is 82.4 Å². The summed E-state index contributed by atoms with van der Waals surface area (Å²) in [4.78, 5) is 102. The smallest absolute Gasteiger partial charge is 0.407 e. The van der Waals surface area contributed by atoms with Gasteiger partial charge in [-0.1, -0.05) is 133 Å². The summed E-state index contributed by atoms with van der Waals surface area (Å²) in [6, 6.07) is 70.6. The van der Waals surface area contributed by atoms with Gasteiger partial charge in [0.15, 0.2) is 0 Å². The fraction of sp³-hybridized carbons (Fsp3) is 0.357. The molecule has 16 atom stereocenters. The van der Waals surface area contributed by atoms with Gasteiger partial charge in [0.2, 0.25) is 5.91 Å². The van der Waals surface area contributed by atoms with E-state index < -0.39 is 11.7 Å². The highest BCUT2D eigenvalue weighted by Gasteiger charge is 2.47.